The van der Waals surface area contributed by atoms with Gasteiger partial charge in [0.05, 0.1) is 6.21 Å². The molecule has 32 heavy (non-hydrogen) atoms. The van der Waals surface area contributed by atoms with Gasteiger partial charge in [0.2, 0.25) is 0 Å². The molecule has 0 unspecified atom stereocenters. The van der Waals surface area contributed by atoms with Crippen molar-refractivity contribution < 1.29 is 14.3 Å². The van der Waals surface area contributed by atoms with Crippen molar-refractivity contribution in [2.45, 2.75) is 40.2 Å². The van der Waals surface area contributed by atoms with Crippen LogP contribution in [0.3, 0.4) is 0 Å². The Morgan fingerprint density at radius 3 is 2.38 bits per heavy atom. The number of ether oxygens (including phenoxy) is 2. The number of nitrogens with zero attached hydrogens (tertiary/aromatic N) is 1. The second-order valence-corrected chi connectivity index (χ2v) is 8.10. The Balaban J connectivity index is 1.44. The molecule has 3 aromatic rings. The van der Waals surface area contributed by atoms with E-state index in [1.165, 1.54) is 11.1 Å². The lowest BCUT2D eigenvalue weighted by molar-refractivity contribution is -0.123. The lowest BCUT2D eigenvalue weighted by Crippen LogP contribution is -2.24. The predicted octanol–water partition coefficient (Wildman–Crippen LogP) is 5.53. The summed E-state index contributed by atoms with van der Waals surface area (Å²) in [5, 5.41) is 4.01. The molecule has 3 aromatic carbocycles. The van der Waals surface area contributed by atoms with Gasteiger partial charge in [-0.05, 0) is 72.4 Å². The number of rotatable bonds is 9. The molecular weight excluding hydrogens is 400 g/mol. The Kier molecular flexibility index (Phi) is 8.03. The van der Waals surface area contributed by atoms with Crippen molar-refractivity contribution in [1.82, 2.24) is 5.43 Å². The minimum Gasteiger partial charge on any atom is -0.489 e. The molecule has 0 aliphatic heterocycles. The topological polar surface area (TPSA) is 59.9 Å². The van der Waals surface area contributed by atoms with Crippen LogP contribution in [0.5, 0.6) is 11.5 Å². The van der Waals surface area contributed by atoms with Gasteiger partial charge < -0.3 is 9.47 Å². The normalized spacial score (nSPS) is 11.0. The molecule has 0 radical (unpaired) electrons. The lowest BCUT2D eigenvalue weighted by atomic mass is 10.0. The number of benzene rings is 3. The Hall–Kier alpha value is -3.60. The highest BCUT2D eigenvalue weighted by Crippen LogP contribution is 2.24. The number of carbonyl (C=O) groups excluding carboxylic acids is 1. The van der Waals surface area contributed by atoms with Crippen molar-refractivity contribution in [1.29, 1.82) is 0 Å². The maximum atomic E-state index is 12.1. The van der Waals surface area contributed by atoms with Gasteiger partial charge in [-0.2, -0.15) is 5.10 Å². The third-order valence-electron chi connectivity index (χ3n) is 5.05. The molecule has 1 amide bonds. The van der Waals surface area contributed by atoms with E-state index in [4.69, 9.17) is 9.47 Å². The Morgan fingerprint density at radius 2 is 1.69 bits per heavy atom. The Bertz CT molecular complexity index is 1060. The summed E-state index contributed by atoms with van der Waals surface area (Å²) < 4.78 is 11.5. The summed E-state index contributed by atoms with van der Waals surface area (Å²) in [6.45, 7) is 8.70. The van der Waals surface area contributed by atoms with E-state index in [1.807, 2.05) is 43.3 Å². The summed E-state index contributed by atoms with van der Waals surface area (Å²) in [5.74, 6) is 1.58. The third kappa shape index (κ3) is 6.98. The first kappa shape index (κ1) is 23.1. The fourth-order valence-corrected chi connectivity index (χ4v) is 2.99. The number of hydrogen-bond donors (Lipinski definition) is 1. The average Bonchev–Trinajstić information content (AvgIpc) is 2.79. The highest BCUT2D eigenvalue weighted by Gasteiger charge is 2.07. The molecule has 1 N–H and O–H groups in total. The summed E-state index contributed by atoms with van der Waals surface area (Å²) in [5.41, 5.74) is 7.88. The van der Waals surface area contributed by atoms with Gasteiger partial charge in [-0.1, -0.05) is 55.8 Å². The molecule has 0 saturated heterocycles. The van der Waals surface area contributed by atoms with Crippen LogP contribution in [0.25, 0.3) is 0 Å². The number of aryl methyl sites for hydroxylation is 2. The van der Waals surface area contributed by atoms with Gasteiger partial charge in [0.15, 0.2) is 6.61 Å². The van der Waals surface area contributed by atoms with Crippen molar-refractivity contribution in [2.24, 2.45) is 5.10 Å². The molecule has 5 nitrogen and oxygen atoms in total. The highest BCUT2D eigenvalue weighted by atomic mass is 16.5. The molecule has 0 aliphatic rings. The highest BCUT2D eigenvalue weighted by molar-refractivity contribution is 5.83. The van der Waals surface area contributed by atoms with Crippen LogP contribution in [-0.4, -0.2) is 18.7 Å². The summed E-state index contributed by atoms with van der Waals surface area (Å²) >= 11 is 0. The summed E-state index contributed by atoms with van der Waals surface area (Å²) in [6, 6.07) is 21.9. The standard InChI is InChI=1S/C27H30N2O3/c1-19(2)24-12-7-21(4)26(15-24)32-18-27(30)29-28-16-22-10-13-25(14-11-22)31-17-23-8-5-20(3)6-9-23/h5-16,19H,17-18H2,1-4H3,(H,29,30). The minimum absolute atomic E-state index is 0.0917. The van der Waals surface area contributed by atoms with E-state index in [1.54, 1.807) is 6.21 Å². The summed E-state index contributed by atoms with van der Waals surface area (Å²) in [6.07, 6.45) is 1.59. The van der Waals surface area contributed by atoms with Crippen molar-refractivity contribution in [3.8, 4) is 11.5 Å². The number of carbonyl (C=O) groups is 1. The Morgan fingerprint density at radius 1 is 0.969 bits per heavy atom. The van der Waals surface area contributed by atoms with Crippen LogP contribution in [-0.2, 0) is 11.4 Å². The number of hydrazone groups is 1. The molecular formula is C27H30N2O3. The molecule has 3 rings (SSSR count). The summed E-state index contributed by atoms with van der Waals surface area (Å²) in [7, 11) is 0. The first-order valence-electron chi connectivity index (χ1n) is 10.7. The zero-order chi connectivity index (χ0) is 22.9. The van der Waals surface area contributed by atoms with E-state index < -0.39 is 0 Å². The van der Waals surface area contributed by atoms with Crippen molar-refractivity contribution in [3.63, 3.8) is 0 Å². The molecule has 0 heterocycles. The number of hydrogen-bond acceptors (Lipinski definition) is 4. The van der Waals surface area contributed by atoms with Crippen LogP contribution in [0.1, 0.15) is 47.6 Å². The van der Waals surface area contributed by atoms with Crippen molar-refractivity contribution in [2.75, 3.05) is 6.61 Å². The van der Waals surface area contributed by atoms with Gasteiger partial charge in [-0.25, -0.2) is 5.43 Å². The molecule has 166 valence electrons. The van der Waals surface area contributed by atoms with E-state index in [0.717, 1.165) is 28.2 Å². The maximum Gasteiger partial charge on any atom is 0.277 e. The minimum atomic E-state index is -0.311. The van der Waals surface area contributed by atoms with Crippen LogP contribution in [0, 0.1) is 13.8 Å². The lowest BCUT2D eigenvalue weighted by Gasteiger charge is -2.12. The largest absolute Gasteiger partial charge is 0.489 e. The zero-order valence-corrected chi connectivity index (χ0v) is 19.1. The quantitative estimate of drug-likeness (QED) is 0.358. The van der Waals surface area contributed by atoms with Crippen LogP contribution < -0.4 is 14.9 Å². The van der Waals surface area contributed by atoms with Gasteiger partial charge in [-0.3, -0.25) is 4.79 Å². The predicted molar refractivity (Wildman–Crippen MR) is 128 cm³/mol. The van der Waals surface area contributed by atoms with Crippen LogP contribution in [0.15, 0.2) is 71.8 Å². The van der Waals surface area contributed by atoms with Crippen LogP contribution in [0.2, 0.25) is 0 Å². The molecule has 0 atom stereocenters. The molecule has 0 fully saturated rings. The second kappa shape index (κ2) is 11.1. The molecule has 0 bridgehead atoms. The van der Waals surface area contributed by atoms with E-state index >= 15 is 0 Å². The third-order valence-corrected chi connectivity index (χ3v) is 5.05. The average molecular weight is 431 g/mol. The smallest absolute Gasteiger partial charge is 0.277 e. The fourth-order valence-electron chi connectivity index (χ4n) is 2.99. The van der Waals surface area contributed by atoms with E-state index in [2.05, 4.69) is 61.6 Å². The van der Waals surface area contributed by atoms with Crippen molar-refractivity contribution in [3.05, 3.63) is 94.5 Å². The maximum absolute atomic E-state index is 12.1. The van der Waals surface area contributed by atoms with Gasteiger partial charge in [-0.15, -0.1) is 0 Å². The zero-order valence-electron chi connectivity index (χ0n) is 19.1. The van der Waals surface area contributed by atoms with E-state index in [0.29, 0.717) is 12.5 Å². The molecule has 0 aliphatic carbocycles. The van der Waals surface area contributed by atoms with Crippen LogP contribution >= 0.6 is 0 Å². The van der Waals surface area contributed by atoms with Gasteiger partial charge in [0.25, 0.3) is 5.91 Å². The van der Waals surface area contributed by atoms with Crippen molar-refractivity contribution >= 4 is 12.1 Å². The van der Waals surface area contributed by atoms with Crippen LogP contribution in [0.4, 0.5) is 0 Å². The Labute approximate surface area is 190 Å². The number of amides is 1. The monoisotopic (exact) mass is 430 g/mol. The first-order chi connectivity index (χ1) is 15.4. The number of nitrogens with one attached hydrogen (secondary N) is 1. The molecule has 5 heteroatoms. The van der Waals surface area contributed by atoms with E-state index in [9.17, 15) is 4.79 Å². The fraction of sp³-hybridized carbons (Fsp3) is 0.259. The SMILES string of the molecule is Cc1ccc(COc2ccc(C=NNC(=O)COc3cc(C(C)C)ccc3C)cc2)cc1. The molecule has 0 aromatic heterocycles. The van der Waals surface area contributed by atoms with Gasteiger partial charge >= 0.3 is 0 Å². The molecule has 0 saturated carbocycles. The molecule has 0 spiro atoms. The second-order valence-electron chi connectivity index (χ2n) is 8.10. The first-order valence-corrected chi connectivity index (χ1v) is 10.7. The summed E-state index contributed by atoms with van der Waals surface area (Å²) in [4.78, 5) is 12.1. The van der Waals surface area contributed by atoms with Gasteiger partial charge in [0.1, 0.15) is 18.1 Å². The van der Waals surface area contributed by atoms with Gasteiger partial charge in [0, 0.05) is 0 Å². The van der Waals surface area contributed by atoms with E-state index in [-0.39, 0.29) is 12.5 Å².